The summed E-state index contributed by atoms with van der Waals surface area (Å²) < 4.78 is 0. The maximum absolute atomic E-state index is 6.02. The highest BCUT2D eigenvalue weighted by molar-refractivity contribution is 6.18. The molecule has 1 aliphatic carbocycles. The van der Waals surface area contributed by atoms with Crippen LogP contribution < -0.4 is 5.32 Å². The van der Waals surface area contributed by atoms with Crippen LogP contribution in [0.5, 0.6) is 0 Å². The van der Waals surface area contributed by atoms with Crippen molar-refractivity contribution in [2.45, 2.75) is 58.4 Å². The van der Waals surface area contributed by atoms with E-state index < -0.39 is 0 Å². The summed E-state index contributed by atoms with van der Waals surface area (Å²) in [5.41, 5.74) is 0. The Labute approximate surface area is 100.0 Å². The van der Waals surface area contributed by atoms with E-state index in [0.717, 1.165) is 17.7 Å². The smallest absolute Gasteiger partial charge is 0.0254 e. The highest BCUT2D eigenvalue weighted by atomic mass is 35.5. The number of alkyl halides is 1. The molecule has 90 valence electrons. The molecule has 15 heavy (non-hydrogen) atoms. The molecule has 3 unspecified atom stereocenters. The molecule has 1 nitrogen and oxygen atoms in total. The van der Waals surface area contributed by atoms with Gasteiger partial charge in [0.15, 0.2) is 0 Å². The molecule has 1 fully saturated rings. The van der Waals surface area contributed by atoms with Crippen molar-refractivity contribution in [1.82, 2.24) is 5.32 Å². The predicted octanol–water partition coefficient (Wildman–Crippen LogP) is 3.81. The van der Waals surface area contributed by atoms with Gasteiger partial charge in [0.1, 0.15) is 0 Å². The molecule has 1 rings (SSSR count). The molecular weight excluding hydrogens is 206 g/mol. The lowest BCUT2D eigenvalue weighted by atomic mass is 9.80. The van der Waals surface area contributed by atoms with Crippen molar-refractivity contribution in [1.29, 1.82) is 0 Å². The second-order valence-corrected chi connectivity index (χ2v) is 5.37. The van der Waals surface area contributed by atoms with E-state index in [4.69, 9.17) is 11.6 Å². The van der Waals surface area contributed by atoms with Gasteiger partial charge >= 0.3 is 0 Å². The summed E-state index contributed by atoms with van der Waals surface area (Å²) in [6, 6.07) is 0.674. The van der Waals surface area contributed by atoms with Crippen LogP contribution >= 0.6 is 11.6 Å². The minimum absolute atomic E-state index is 0.674. The van der Waals surface area contributed by atoms with Gasteiger partial charge < -0.3 is 5.32 Å². The molecule has 3 atom stereocenters. The van der Waals surface area contributed by atoms with Gasteiger partial charge in [-0.05, 0) is 44.6 Å². The Bertz CT molecular complexity index is 161. The molecule has 0 spiro atoms. The van der Waals surface area contributed by atoms with Crippen molar-refractivity contribution in [2.24, 2.45) is 11.8 Å². The first-order chi connectivity index (χ1) is 7.27. The predicted molar refractivity (Wildman–Crippen MR) is 68.5 cm³/mol. The Morgan fingerprint density at radius 3 is 2.53 bits per heavy atom. The summed E-state index contributed by atoms with van der Waals surface area (Å²) in [6.45, 7) is 5.72. The van der Waals surface area contributed by atoms with Gasteiger partial charge in [-0.25, -0.2) is 0 Å². The van der Waals surface area contributed by atoms with Crippen LogP contribution in [0.1, 0.15) is 52.4 Å². The van der Waals surface area contributed by atoms with Crippen LogP contribution in [0.4, 0.5) is 0 Å². The van der Waals surface area contributed by atoms with Crippen LogP contribution in [0, 0.1) is 11.8 Å². The van der Waals surface area contributed by atoms with Crippen molar-refractivity contribution < 1.29 is 0 Å². The van der Waals surface area contributed by atoms with Crippen molar-refractivity contribution in [2.75, 3.05) is 12.4 Å². The summed E-state index contributed by atoms with van der Waals surface area (Å²) in [6.07, 6.45) is 8.08. The second kappa shape index (κ2) is 7.51. The van der Waals surface area contributed by atoms with Gasteiger partial charge in [0.25, 0.3) is 0 Å². The average Bonchev–Trinajstić information content (AvgIpc) is 2.27. The fourth-order valence-corrected chi connectivity index (χ4v) is 3.05. The maximum atomic E-state index is 6.02. The van der Waals surface area contributed by atoms with Crippen molar-refractivity contribution in [3.05, 3.63) is 0 Å². The molecule has 0 saturated heterocycles. The molecule has 0 amide bonds. The van der Waals surface area contributed by atoms with E-state index in [-0.39, 0.29) is 0 Å². The third kappa shape index (κ3) is 4.74. The van der Waals surface area contributed by atoms with Gasteiger partial charge in [-0.3, -0.25) is 0 Å². The first-order valence-corrected chi connectivity index (χ1v) is 7.10. The molecule has 0 heterocycles. The van der Waals surface area contributed by atoms with Gasteiger partial charge in [0.2, 0.25) is 0 Å². The van der Waals surface area contributed by atoms with Crippen LogP contribution in [0.25, 0.3) is 0 Å². The molecule has 2 heteroatoms. The largest absolute Gasteiger partial charge is 0.314 e. The van der Waals surface area contributed by atoms with E-state index in [1.807, 2.05) is 0 Å². The van der Waals surface area contributed by atoms with Crippen LogP contribution in [0.2, 0.25) is 0 Å². The summed E-state index contributed by atoms with van der Waals surface area (Å²) in [4.78, 5) is 0. The fraction of sp³-hybridized carbons (Fsp3) is 1.00. The molecule has 0 bridgehead atoms. The summed E-state index contributed by atoms with van der Waals surface area (Å²) in [7, 11) is 0. The number of nitrogens with one attached hydrogen (secondary N) is 1. The normalized spacial score (nSPS) is 29.0. The molecule has 0 aromatic heterocycles. The van der Waals surface area contributed by atoms with E-state index in [2.05, 4.69) is 19.2 Å². The highest BCUT2D eigenvalue weighted by Gasteiger charge is 2.24. The average molecular weight is 232 g/mol. The van der Waals surface area contributed by atoms with Gasteiger partial charge in [-0.1, -0.05) is 26.2 Å². The standard InChI is InChI=1S/C13H26ClN/c1-3-6-11(2)15-10-13-8-5-4-7-12(13)9-14/h11-13,15H,3-10H2,1-2H3. The second-order valence-electron chi connectivity index (χ2n) is 5.06. The number of halogens is 1. The number of rotatable bonds is 6. The quantitative estimate of drug-likeness (QED) is 0.686. The van der Waals surface area contributed by atoms with Gasteiger partial charge in [-0.2, -0.15) is 0 Å². The summed E-state index contributed by atoms with van der Waals surface area (Å²) >= 11 is 6.02. The first-order valence-electron chi connectivity index (χ1n) is 6.57. The van der Waals surface area contributed by atoms with Gasteiger partial charge in [0.05, 0.1) is 0 Å². The van der Waals surface area contributed by atoms with Crippen molar-refractivity contribution in [3.8, 4) is 0 Å². The lowest BCUT2D eigenvalue weighted by Crippen LogP contribution is -2.36. The fourth-order valence-electron chi connectivity index (χ4n) is 2.64. The Kier molecular flexibility index (Phi) is 6.67. The molecule has 1 N–H and O–H groups in total. The van der Waals surface area contributed by atoms with Crippen molar-refractivity contribution in [3.63, 3.8) is 0 Å². The van der Waals surface area contributed by atoms with Crippen molar-refractivity contribution >= 4 is 11.6 Å². The molecule has 1 saturated carbocycles. The number of hydrogen-bond donors (Lipinski definition) is 1. The minimum Gasteiger partial charge on any atom is -0.314 e. The van der Waals surface area contributed by atoms with E-state index in [1.54, 1.807) is 0 Å². The lowest BCUT2D eigenvalue weighted by molar-refractivity contribution is 0.243. The van der Waals surface area contributed by atoms with E-state index >= 15 is 0 Å². The monoisotopic (exact) mass is 231 g/mol. The minimum atomic E-state index is 0.674. The summed E-state index contributed by atoms with van der Waals surface area (Å²) in [5, 5.41) is 3.66. The molecular formula is C13H26ClN. The third-order valence-electron chi connectivity index (χ3n) is 3.71. The Morgan fingerprint density at radius 2 is 1.93 bits per heavy atom. The van der Waals surface area contributed by atoms with Crippen LogP contribution in [0.3, 0.4) is 0 Å². The van der Waals surface area contributed by atoms with Gasteiger partial charge in [0, 0.05) is 11.9 Å². The van der Waals surface area contributed by atoms with E-state index in [1.165, 1.54) is 45.1 Å². The third-order valence-corrected chi connectivity index (χ3v) is 4.11. The van der Waals surface area contributed by atoms with Gasteiger partial charge in [-0.15, -0.1) is 11.6 Å². The molecule has 0 aromatic carbocycles. The topological polar surface area (TPSA) is 12.0 Å². The van der Waals surface area contributed by atoms with Crippen LogP contribution in [-0.2, 0) is 0 Å². The zero-order valence-electron chi connectivity index (χ0n) is 10.3. The number of hydrogen-bond acceptors (Lipinski definition) is 1. The Morgan fingerprint density at radius 1 is 1.27 bits per heavy atom. The summed E-state index contributed by atoms with van der Waals surface area (Å²) in [5.74, 6) is 2.45. The maximum Gasteiger partial charge on any atom is 0.0254 e. The highest BCUT2D eigenvalue weighted by Crippen LogP contribution is 2.30. The molecule has 0 aliphatic heterocycles. The zero-order valence-corrected chi connectivity index (χ0v) is 11.0. The van der Waals surface area contributed by atoms with Crippen LogP contribution in [-0.4, -0.2) is 18.5 Å². The zero-order chi connectivity index (χ0) is 11.1. The first kappa shape index (κ1) is 13.3. The van der Waals surface area contributed by atoms with E-state index in [9.17, 15) is 0 Å². The lowest BCUT2D eigenvalue weighted by Gasteiger charge is -2.31. The van der Waals surface area contributed by atoms with E-state index in [0.29, 0.717) is 6.04 Å². The molecule has 0 aromatic rings. The molecule has 1 aliphatic rings. The van der Waals surface area contributed by atoms with Crippen LogP contribution in [0.15, 0.2) is 0 Å². The Balaban J connectivity index is 2.22. The SMILES string of the molecule is CCCC(C)NCC1CCCCC1CCl. The Hall–Kier alpha value is 0.250. The molecule has 0 radical (unpaired) electrons.